The summed E-state index contributed by atoms with van der Waals surface area (Å²) in [7, 11) is 1.67. The predicted octanol–water partition coefficient (Wildman–Crippen LogP) is 0.152. The lowest BCUT2D eigenvalue weighted by molar-refractivity contribution is -0.0487. The van der Waals surface area contributed by atoms with Gasteiger partial charge in [0.1, 0.15) is 0 Å². The number of ether oxygens (including phenoxy) is 1. The normalized spacial score (nSPS) is 28.4. The zero-order chi connectivity index (χ0) is 10.6. The van der Waals surface area contributed by atoms with E-state index in [1.54, 1.807) is 7.05 Å². The van der Waals surface area contributed by atoms with Gasteiger partial charge in [-0.1, -0.05) is 0 Å². The van der Waals surface area contributed by atoms with Gasteiger partial charge >= 0.3 is 0 Å². The standard InChI is InChI=1S/C9H16N4O/c1-7-4-13(5-8(2)14-7)9(11-3)12-6-10/h7-8H,4-5H2,1-3H3,(H,11,12)/t7-,8-/m0/s1. The second-order valence-electron chi connectivity index (χ2n) is 3.45. The highest BCUT2D eigenvalue weighted by Gasteiger charge is 2.24. The Morgan fingerprint density at radius 2 is 2.07 bits per heavy atom. The molecule has 1 heterocycles. The van der Waals surface area contributed by atoms with E-state index < -0.39 is 0 Å². The second kappa shape index (κ2) is 4.82. The van der Waals surface area contributed by atoms with Gasteiger partial charge in [0, 0.05) is 20.1 Å². The molecule has 0 aromatic rings. The smallest absolute Gasteiger partial charge is 0.207 e. The lowest BCUT2D eigenvalue weighted by Gasteiger charge is -2.36. The van der Waals surface area contributed by atoms with Crippen molar-refractivity contribution in [3.63, 3.8) is 0 Å². The summed E-state index contributed by atoms with van der Waals surface area (Å²) in [5.41, 5.74) is 0. The van der Waals surface area contributed by atoms with Crippen molar-refractivity contribution in [1.29, 1.82) is 5.26 Å². The largest absolute Gasteiger partial charge is 0.372 e. The Balaban J connectivity index is 2.62. The highest BCUT2D eigenvalue weighted by atomic mass is 16.5. The van der Waals surface area contributed by atoms with E-state index in [1.165, 1.54) is 0 Å². The molecule has 0 aromatic heterocycles. The average Bonchev–Trinajstić information content (AvgIpc) is 2.12. The maximum Gasteiger partial charge on any atom is 0.207 e. The Hall–Kier alpha value is -1.28. The molecule has 1 aliphatic rings. The van der Waals surface area contributed by atoms with E-state index in [9.17, 15) is 0 Å². The molecule has 1 rings (SSSR count). The number of rotatable bonds is 0. The van der Waals surface area contributed by atoms with E-state index >= 15 is 0 Å². The summed E-state index contributed by atoms with van der Waals surface area (Å²) in [5, 5.41) is 11.1. The summed E-state index contributed by atoms with van der Waals surface area (Å²) in [6.45, 7) is 5.57. The van der Waals surface area contributed by atoms with Crippen LogP contribution in [0.2, 0.25) is 0 Å². The minimum Gasteiger partial charge on any atom is -0.372 e. The molecule has 5 nitrogen and oxygen atoms in total. The van der Waals surface area contributed by atoms with Crippen molar-refractivity contribution < 1.29 is 4.74 Å². The van der Waals surface area contributed by atoms with Crippen LogP contribution in [0.3, 0.4) is 0 Å². The van der Waals surface area contributed by atoms with Crippen LogP contribution in [0.5, 0.6) is 0 Å². The molecule has 0 aliphatic carbocycles. The quantitative estimate of drug-likeness (QED) is 0.259. The van der Waals surface area contributed by atoms with Crippen LogP contribution in [0, 0.1) is 11.5 Å². The molecule has 1 N–H and O–H groups in total. The van der Waals surface area contributed by atoms with Gasteiger partial charge in [0.15, 0.2) is 6.19 Å². The molecular formula is C9H16N4O. The summed E-state index contributed by atoms with van der Waals surface area (Å²) in [6.07, 6.45) is 2.24. The number of nitrogens with one attached hydrogen (secondary N) is 1. The number of hydrogen-bond donors (Lipinski definition) is 1. The first kappa shape index (κ1) is 10.8. The minimum atomic E-state index is 0.177. The molecule has 1 saturated heterocycles. The van der Waals surface area contributed by atoms with Crippen LogP contribution in [0.4, 0.5) is 0 Å². The molecule has 0 amide bonds. The predicted molar refractivity (Wildman–Crippen MR) is 53.7 cm³/mol. The SMILES string of the molecule is CN=C(NC#N)N1C[C@H](C)O[C@@H](C)C1. The number of morpholine rings is 1. The zero-order valence-corrected chi connectivity index (χ0v) is 8.82. The Bertz CT molecular complexity index is 248. The van der Waals surface area contributed by atoms with E-state index in [0.717, 1.165) is 13.1 Å². The number of hydrogen-bond acceptors (Lipinski definition) is 3. The fraction of sp³-hybridized carbons (Fsp3) is 0.778. The summed E-state index contributed by atoms with van der Waals surface area (Å²) < 4.78 is 5.58. The van der Waals surface area contributed by atoms with Crippen molar-refractivity contribution in [2.24, 2.45) is 4.99 Å². The third-order valence-corrected chi connectivity index (χ3v) is 2.10. The number of nitrogens with zero attached hydrogens (tertiary/aromatic N) is 3. The van der Waals surface area contributed by atoms with E-state index in [2.05, 4.69) is 10.3 Å². The van der Waals surface area contributed by atoms with Crippen LogP contribution in [-0.2, 0) is 4.74 Å². The van der Waals surface area contributed by atoms with E-state index in [4.69, 9.17) is 10.00 Å². The van der Waals surface area contributed by atoms with Crippen LogP contribution >= 0.6 is 0 Å². The number of guanidine groups is 1. The molecule has 0 unspecified atom stereocenters. The molecule has 78 valence electrons. The molecule has 0 aromatic carbocycles. The highest BCUT2D eigenvalue weighted by molar-refractivity contribution is 5.81. The Morgan fingerprint density at radius 3 is 2.50 bits per heavy atom. The minimum absolute atomic E-state index is 0.177. The van der Waals surface area contributed by atoms with Gasteiger partial charge in [0.25, 0.3) is 0 Å². The molecule has 5 heteroatoms. The van der Waals surface area contributed by atoms with Crippen molar-refractivity contribution in [1.82, 2.24) is 10.2 Å². The Kier molecular flexibility index (Phi) is 3.72. The second-order valence-corrected chi connectivity index (χ2v) is 3.45. The molecule has 14 heavy (non-hydrogen) atoms. The lowest BCUT2D eigenvalue weighted by Crippen LogP contribution is -2.51. The fourth-order valence-corrected chi connectivity index (χ4v) is 1.68. The Labute approximate surface area is 84.4 Å². The maximum atomic E-state index is 8.53. The van der Waals surface area contributed by atoms with E-state index in [1.807, 2.05) is 24.9 Å². The third-order valence-electron chi connectivity index (χ3n) is 2.10. The molecule has 0 radical (unpaired) electrons. The molecule has 1 fully saturated rings. The van der Waals surface area contributed by atoms with Crippen molar-refractivity contribution >= 4 is 5.96 Å². The van der Waals surface area contributed by atoms with Gasteiger partial charge in [0.2, 0.25) is 5.96 Å². The van der Waals surface area contributed by atoms with Crippen molar-refractivity contribution in [3.05, 3.63) is 0 Å². The lowest BCUT2D eigenvalue weighted by atomic mass is 10.2. The molecule has 2 atom stereocenters. The van der Waals surface area contributed by atoms with Crippen LogP contribution in [-0.4, -0.2) is 43.2 Å². The number of aliphatic imine (C=N–C) groups is 1. The molecule has 0 bridgehead atoms. The summed E-state index contributed by atoms with van der Waals surface area (Å²) in [6, 6.07) is 0. The first-order chi connectivity index (χ1) is 6.67. The fourth-order valence-electron chi connectivity index (χ4n) is 1.68. The topological polar surface area (TPSA) is 60.7 Å². The van der Waals surface area contributed by atoms with Gasteiger partial charge in [-0.25, -0.2) is 0 Å². The first-order valence-corrected chi connectivity index (χ1v) is 4.69. The molecule has 1 aliphatic heterocycles. The summed E-state index contributed by atoms with van der Waals surface area (Å²) in [5.74, 6) is 0.620. The van der Waals surface area contributed by atoms with Crippen LogP contribution in [0.15, 0.2) is 4.99 Å². The van der Waals surface area contributed by atoms with Gasteiger partial charge in [-0.05, 0) is 13.8 Å². The molecule has 0 spiro atoms. The van der Waals surface area contributed by atoms with Crippen LogP contribution < -0.4 is 5.32 Å². The molecular weight excluding hydrogens is 180 g/mol. The van der Waals surface area contributed by atoms with E-state index in [-0.39, 0.29) is 12.2 Å². The van der Waals surface area contributed by atoms with Crippen LogP contribution in [0.1, 0.15) is 13.8 Å². The zero-order valence-electron chi connectivity index (χ0n) is 8.82. The van der Waals surface area contributed by atoms with Gasteiger partial charge in [-0.2, -0.15) is 5.26 Å². The summed E-state index contributed by atoms with van der Waals surface area (Å²) in [4.78, 5) is 6.05. The van der Waals surface area contributed by atoms with Crippen molar-refractivity contribution in [2.45, 2.75) is 26.1 Å². The first-order valence-electron chi connectivity index (χ1n) is 4.69. The van der Waals surface area contributed by atoms with Crippen molar-refractivity contribution in [3.8, 4) is 6.19 Å². The van der Waals surface area contributed by atoms with Gasteiger partial charge in [-0.3, -0.25) is 10.3 Å². The monoisotopic (exact) mass is 196 g/mol. The molecule has 0 saturated carbocycles. The van der Waals surface area contributed by atoms with Crippen molar-refractivity contribution in [2.75, 3.05) is 20.1 Å². The third kappa shape index (κ3) is 2.60. The Morgan fingerprint density at radius 1 is 1.50 bits per heavy atom. The number of nitriles is 1. The van der Waals surface area contributed by atoms with Gasteiger partial charge < -0.3 is 9.64 Å². The van der Waals surface area contributed by atoms with Gasteiger partial charge in [0.05, 0.1) is 12.2 Å². The van der Waals surface area contributed by atoms with E-state index in [0.29, 0.717) is 5.96 Å². The van der Waals surface area contributed by atoms with Crippen LogP contribution in [0.25, 0.3) is 0 Å². The highest BCUT2D eigenvalue weighted by Crippen LogP contribution is 2.10. The van der Waals surface area contributed by atoms with Gasteiger partial charge in [-0.15, -0.1) is 0 Å². The average molecular weight is 196 g/mol. The maximum absolute atomic E-state index is 8.53. The summed E-state index contributed by atoms with van der Waals surface area (Å²) >= 11 is 0.